The van der Waals surface area contributed by atoms with E-state index in [2.05, 4.69) is 28.9 Å². The minimum Gasteiger partial charge on any atom is -0.355 e. The molecule has 140 valence electrons. The fourth-order valence-corrected chi connectivity index (χ4v) is 5.66. The number of likely N-dealkylation sites (N-methyl/N-ethyl adjacent to an activating group) is 1. The molecule has 3 heterocycles. The van der Waals surface area contributed by atoms with Gasteiger partial charge in [-0.15, -0.1) is 0 Å². The lowest BCUT2D eigenvalue weighted by Crippen LogP contribution is -2.49. The van der Waals surface area contributed by atoms with Crippen molar-refractivity contribution in [3.8, 4) is 0 Å². The summed E-state index contributed by atoms with van der Waals surface area (Å²) in [5.41, 5.74) is 2.91. The van der Waals surface area contributed by atoms with Gasteiger partial charge in [0.25, 0.3) is 0 Å². The number of rotatable bonds is 4. The molecule has 0 N–H and O–H groups in total. The Hall–Kier alpha value is -1.73. The fraction of sp³-hybridized carbons (Fsp3) is 0.579. The summed E-state index contributed by atoms with van der Waals surface area (Å²) in [5.74, 6) is 0.886. The van der Waals surface area contributed by atoms with Gasteiger partial charge < -0.3 is 4.90 Å². The molecule has 2 aliphatic rings. The standard InChI is InChI=1S/C19H26N4O2S/c1-13-11-14(2)20-19-17(13)8-9-18(21-19)23-10-4-5-15(12-23)22(3)26(24,25)16-6-7-16/h8-9,11,15-16H,4-7,10,12H2,1-3H3. The first kappa shape index (κ1) is 17.7. The van der Waals surface area contributed by atoms with Crippen LogP contribution in [0.5, 0.6) is 0 Å². The number of fused-ring (bicyclic) bond motifs is 1. The maximum absolute atomic E-state index is 12.6. The van der Waals surface area contributed by atoms with Crippen LogP contribution in [0.2, 0.25) is 0 Å². The summed E-state index contributed by atoms with van der Waals surface area (Å²) < 4.78 is 26.7. The van der Waals surface area contributed by atoms with Crippen molar-refractivity contribution in [2.24, 2.45) is 0 Å². The van der Waals surface area contributed by atoms with Crippen LogP contribution >= 0.6 is 0 Å². The molecule has 0 aromatic carbocycles. The number of piperidine rings is 1. The number of nitrogens with zero attached hydrogens (tertiary/aromatic N) is 4. The largest absolute Gasteiger partial charge is 0.355 e. The average Bonchev–Trinajstić information content (AvgIpc) is 3.46. The molecule has 1 aliphatic carbocycles. The summed E-state index contributed by atoms with van der Waals surface area (Å²) in [5, 5.41) is 0.915. The van der Waals surface area contributed by atoms with E-state index in [0.717, 1.165) is 54.8 Å². The summed E-state index contributed by atoms with van der Waals surface area (Å²) >= 11 is 0. The third-order valence-electron chi connectivity index (χ3n) is 5.57. The van der Waals surface area contributed by atoms with Crippen LogP contribution in [0.15, 0.2) is 18.2 Å². The second-order valence-electron chi connectivity index (χ2n) is 7.62. The lowest BCUT2D eigenvalue weighted by atomic mass is 10.1. The second kappa shape index (κ2) is 6.46. The monoisotopic (exact) mass is 374 g/mol. The number of pyridine rings is 2. The van der Waals surface area contributed by atoms with E-state index in [1.54, 1.807) is 11.4 Å². The molecule has 1 saturated heterocycles. The molecule has 0 radical (unpaired) electrons. The minimum absolute atomic E-state index is 0.0130. The lowest BCUT2D eigenvalue weighted by Gasteiger charge is -2.37. The molecule has 7 heteroatoms. The predicted octanol–water partition coefficient (Wildman–Crippen LogP) is 2.64. The quantitative estimate of drug-likeness (QED) is 0.823. The van der Waals surface area contributed by atoms with Crippen molar-refractivity contribution in [1.82, 2.24) is 14.3 Å². The van der Waals surface area contributed by atoms with Gasteiger partial charge in [-0.05, 0) is 63.3 Å². The highest BCUT2D eigenvalue weighted by molar-refractivity contribution is 7.90. The van der Waals surface area contributed by atoms with Crippen molar-refractivity contribution in [1.29, 1.82) is 0 Å². The summed E-state index contributed by atoms with van der Waals surface area (Å²) in [7, 11) is -1.40. The molecule has 0 bridgehead atoms. The van der Waals surface area contributed by atoms with Crippen LogP contribution < -0.4 is 4.90 Å². The van der Waals surface area contributed by atoms with E-state index in [1.165, 1.54) is 5.56 Å². The normalized spacial score (nSPS) is 21.5. The van der Waals surface area contributed by atoms with E-state index in [9.17, 15) is 8.42 Å². The van der Waals surface area contributed by atoms with E-state index >= 15 is 0 Å². The minimum atomic E-state index is -3.14. The highest BCUT2D eigenvalue weighted by Crippen LogP contribution is 2.33. The maximum atomic E-state index is 12.6. The van der Waals surface area contributed by atoms with Gasteiger partial charge in [0.1, 0.15) is 5.82 Å². The van der Waals surface area contributed by atoms with Gasteiger partial charge in [-0.2, -0.15) is 4.31 Å². The second-order valence-corrected chi connectivity index (χ2v) is 9.90. The Morgan fingerprint density at radius 2 is 1.92 bits per heavy atom. The topological polar surface area (TPSA) is 66.4 Å². The van der Waals surface area contributed by atoms with Crippen LogP contribution in [0.25, 0.3) is 11.0 Å². The smallest absolute Gasteiger partial charge is 0.217 e. The highest BCUT2D eigenvalue weighted by atomic mass is 32.2. The SMILES string of the molecule is Cc1cc(C)c2ccc(N3CCCC(N(C)S(=O)(=O)C4CC4)C3)nc2n1. The summed E-state index contributed by atoms with van der Waals surface area (Å²) in [6, 6.07) is 6.19. The number of hydrogen-bond donors (Lipinski definition) is 0. The average molecular weight is 375 g/mol. The molecule has 1 unspecified atom stereocenters. The van der Waals surface area contributed by atoms with E-state index in [-0.39, 0.29) is 11.3 Å². The van der Waals surface area contributed by atoms with Gasteiger partial charge in [-0.3, -0.25) is 0 Å². The summed E-state index contributed by atoms with van der Waals surface area (Å²) in [4.78, 5) is 11.5. The molecular weight excluding hydrogens is 348 g/mol. The number of aryl methyl sites for hydroxylation is 2. The fourth-order valence-electron chi connectivity index (χ4n) is 3.87. The van der Waals surface area contributed by atoms with Gasteiger partial charge in [0.2, 0.25) is 10.0 Å². The van der Waals surface area contributed by atoms with Crippen LogP contribution in [0.4, 0.5) is 5.82 Å². The maximum Gasteiger partial charge on any atom is 0.217 e. The molecule has 0 spiro atoms. The Balaban J connectivity index is 1.59. The molecular formula is C19H26N4O2S. The van der Waals surface area contributed by atoms with Gasteiger partial charge in [0.15, 0.2) is 5.65 Å². The van der Waals surface area contributed by atoms with Gasteiger partial charge in [-0.1, -0.05) is 0 Å². The Kier molecular flexibility index (Phi) is 4.39. The molecule has 1 aliphatic heterocycles. The van der Waals surface area contributed by atoms with Crippen LogP contribution in [0.1, 0.15) is 36.9 Å². The molecule has 2 aromatic heterocycles. The van der Waals surface area contributed by atoms with Gasteiger partial charge in [0.05, 0.1) is 5.25 Å². The zero-order valence-corrected chi connectivity index (χ0v) is 16.5. The molecule has 4 rings (SSSR count). The Labute approximate surface area is 155 Å². The predicted molar refractivity (Wildman–Crippen MR) is 104 cm³/mol. The first-order valence-electron chi connectivity index (χ1n) is 9.33. The van der Waals surface area contributed by atoms with Gasteiger partial charge in [0, 0.05) is 37.3 Å². The molecule has 2 fully saturated rings. The molecule has 1 atom stereocenters. The summed E-state index contributed by atoms with van der Waals surface area (Å²) in [6.07, 6.45) is 3.48. The van der Waals surface area contributed by atoms with Gasteiger partial charge in [-0.25, -0.2) is 18.4 Å². The summed E-state index contributed by atoms with van der Waals surface area (Å²) in [6.45, 7) is 5.64. The molecule has 6 nitrogen and oxygen atoms in total. The van der Waals surface area contributed by atoms with Crippen LogP contribution in [0.3, 0.4) is 0 Å². The number of hydrogen-bond acceptors (Lipinski definition) is 5. The lowest BCUT2D eigenvalue weighted by molar-refractivity contribution is 0.319. The molecule has 1 saturated carbocycles. The number of aromatic nitrogens is 2. The van der Waals surface area contributed by atoms with Crippen molar-refractivity contribution in [2.75, 3.05) is 25.0 Å². The number of sulfonamides is 1. The van der Waals surface area contributed by atoms with Crippen LogP contribution in [-0.4, -0.2) is 54.1 Å². The van der Waals surface area contributed by atoms with E-state index in [0.29, 0.717) is 6.54 Å². The first-order chi connectivity index (χ1) is 12.4. The number of anilines is 1. The van der Waals surface area contributed by atoms with Gasteiger partial charge >= 0.3 is 0 Å². The highest BCUT2D eigenvalue weighted by Gasteiger charge is 2.41. The van der Waals surface area contributed by atoms with Crippen LogP contribution in [-0.2, 0) is 10.0 Å². The Morgan fingerprint density at radius 3 is 2.65 bits per heavy atom. The van der Waals surface area contributed by atoms with Crippen molar-refractivity contribution in [3.63, 3.8) is 0 Å². The first-order valence-corrected chi connectivity index (χ1v) is 10.8. The Morgan fingerprint density at radius 1 is 1.15 bits per heavy atom. The third-order valence-corrected chi connectivity index (χ3v) is 7.99. The molecule has 0 amide bonds. The van der Waals surface area contributed by atoms with Crippen molar-refractivity contribution in [3.05, 3.63) is 29.5 Å². The zero-order chi connectivity index (χ0) is 18.5. The van der Waals surface area contributed by atoms with Crippen molar-refractivity contribution in [2.45, 2.75) is 50.8 Å². The van der Waals surface area contributed by atoms with E-state index < -0.39 is 10.0 Å². The van der Waals surface area contributed by atoms with E-state index in [1.807, 2.05) is 13.0 Å². The Bertz CT molecular complexity index is 940. The molecule has 2 aromatic rings. The van der Waals surface area contributed by atoms with Crippen LogP contribution in [0, 0.1) is 13.8 Å². The third kappa shape index (κ3) is 3.18. The van der Waals surface area contributed by atoms with Crippen molar-refractivity contribution < 1.29 is 8.42 Å². The van der Waals surface area contributed by atoms with Crippen molar-refractivity contribution >= 4 is 26.9 Å². The van der Waals surface area contributed by atoms with E-state index in [4.69, 9.17) is 4.98 Å². The molecule has 26 heavy (non-hydrogen) atoms. The zero-order valence-electron chi connectivity index (χ0n) is 15.6.